The van der Waals surface area contributed by atoms with Crippen molar-refractivity contribution in [1.82, 2.24) is 14.8 Å². The number of methoxy groups -OCH3 is 1. The first-order valence-electron chi connectivity index (χ1n) is 11.6. The minimum atomic E-state index is -0.924. The van der Waals surface area contributed by atoms with Gasteiger partial charge in [-0.15, -0.1) is 21.5 Å². The molecule has 36 heavy (non-hydrogen) atoms. The predicted octanol–water partition coefficient (Wildman–Crippen LogP) is 5.62. The van der Waals surface area contributed by atoms with Crippen molar-refractivity contribution in [2.45, 2.75) is 33.7 Å². The number of aliphatic imine (C=N–C) groups is 1. The van der Waals surface area contributed by atoms with Gasteiger partial charge in [0.1, 0.15) is 22.6 Å². The number of carboxylic acid groups (broad SMARTS) is 1. The van der Waals surface area contributed by atoms with Crippen LogP contribution in [0.1, 0.15) is 46.2 Å². The molecule has 8 nitrogen and oxygen atoms in total. The van der Waals surface area contributed by atoms with E-state index in [2.05, 4.69) is 29.4 Å². The number of carboxylic acids is 1. The highest BCUT2D eigenvalue weighted by molar-refractivity contribution is 7.15. The van der Waals surface area contributed by atoms with Crippen molar-refractivity contribution in [3.05, 3.63) is 81.7 Å². The topological polar surface area (TPSA) is 102 Å². The Morgan fingerprint density at radius 2 is 1.69 bits per heavy atom. The van der Waals surface area contributed by atoms with Gasteiger partial charge in [-0.2, -0.15) is 0 Å². The van der Waals surface area contributed by atoms with E-state index in [9.17, 15) is 9.90 Å². The Labute approximate surface area is 213 Å². The lowest BCUT2D eigenvalue weighted by atomic mass is 9.98. The van der Waals surface area contributed by atoms with Gasteiger partial charge in [0.15, 0.2) is 5.82 Å². The lowest BCUT2D eigenvalue weighted by Gasteiger charge is -2.16. The zero-order valence-electron chi connectivity index (χ0n) is 20.7. The van der Waals surface area contributed by atoms with Crippen LogP contribution in [-0.4, -0.2) is 38.7 Å². The average molecular weight is 502 g/mol. The molecule has 0 saturated carbocycles. The van der Waals surface area contributed by atoms with Crippen LogP contribution >= 0.6 is 11.3 Å². The van der Waals surface area contributed by atoms with E-state index < -0.39 is 17.9 Å². The number of anilines is 2. The van der Waals surface area contributed by atoms with Crippen molar-refractivity contribution in [3.63, 3.8) is 0 Å². The van der Waals surface area contributed by atoms with Crippen LogP contribution in [0.15, 0.2) is 53.5 Å². The molecule has 0 fully saturated rings. The summed E-state index contributed by atoms with van der Waals surface area (Å²) in [5.41, 5.74) is 5.68. The second kappa shape index (κ2) is 9.23. The van der Waals surface area contributed by atoms with Gasteiger partial charge < -0.3 is 15.2 Å². The number of thiophene rings is 1. The zero-order chi connectivity index (χ0) is 25.6. The number of hydrogen-bond acceptors (Lipinski definition) is 7. The van der Waals surface area contributed by atoms with Gasteiger partial charge in [0.2, 0.25) is 0 Å². The van der Waals surface area contributed by atoms with Crippen molar-refractivity contribution in [2.75, 3.05) is 12.4 Å². The molecule has 2 atom stereocenters. The summed E-state index contributed by atoms with van der Waals surface area (Å²) in [4.78, 5) is 18.3. The van der Waals surface area contributed by atoms with Gasteiger partial charge in [-0.25, -0.2) is 0 Å². The molecule has 3 heterocycles. The van der Waals surface area contributed by atoms with Crippen LogP contribution in [0.3, 0.4) is 0 Å². The van der Waals surface area contributed by atoms with E-state index in [0.29, 0.717) is 11.6 Å². The first-order chi connectivity index (χ1) is 17.3. The van der Waals surface area contributed by atoms with Crippen LogP contribution in [-0.2, 0) is 4.79 Å². The molecule has 2 N–H and O–H groups in total. The SMILES string of the molecule is COc1ccc(Nc2ccc(C3=NC([C@H](C)C(=O)O)c4nnc(C)n4-c4sc(C)c(C)c43)cc2)cc1. The van der Waals surface area contributed by atoms with E-state index in [1.807, 2.05) is 60.0 Å². The average Bonchev–Trinajstić information content (AvgIpc) is 3.34. The summed E-state index contributed by atoms with van der Waals surface area (Å²) in [6.07, 6.45) is 0. The van der Waals surface area contributed by atoms with Crippen LogP contribution in [0.25, 0.3) is 5.00 Å². The fraction of sp³-hybridized carbons (Fsp3) is 0.259. The van der Waals surface area contributed by atoms with Crippen molar-refractivity contribution in [1.29, 1.82) is 0 Å². The van der Waals surface area contributed by atoms with Gasteiger partial charge in [0.05, 0.1) is 18.7 Å². The molecule has 0 spiro atoms. The number of rotatable bonds is 6. The number of carbonyl (C=O) groups is 1. The number of fused-ring (bicyclic) bond motifs is 3. The Balaban J connectivity index is 1.59. The summed E-state index contributed by atoms with van der Waals surface area (Å²) in [7, 11) is 1.64. The van der Waals surface area contributed by atoms with E-state index in [1.54, 1.807) is 25.4 Å². The molecule has 0 radical (unpaired) electrons. The minimum Gasteiger partial charge on any atom is -0.497 e. The Kier molecular flexibility index (Phi) is 6.09. The third-order valence-electron chi connectivity index (χ3n) is 6.59. The van der Waals surface area contributed by atoms with Gasteiger partial charge in [-0.1, -0.05) is 12.1 Å². The second-order valence-electron chi connectivity index (χ2n) is 8.88. The van der Waals surface area contributed by atoms with E-state index in [0.717, 1.165) is 44.5 Å². The van der Waals surface area contributed by atoms with Crippen LogP contribution in [0.4, 0.5) is 11.4 Å². The summed E-state index contributed by atoms with van der Waals surface area (Å²) in [5, 5.41) is 22.9. The molecule has 1 aliphatic heterocycles. The van der Waals surface area contributed by atoms with Gasteiger partial charge in [-0.05, 0) is 69.7 Å². The van der Waals surface area contributed by atoms with Crippen molar-refractivity contribution in [3.8, 4) is 10.8 Å². The number of aliphatic carboxylic acids is 1. The summed E-state index contributed by atoms with van der Waals surface area (Å²) in [5.74, 6) is 0.375. The molecule has 4 aromatic rings. The van der Waals surface area contributed by atoms with Crippen molar-refractivity contribution >= 4 is 34.4 Å². The molecule has 0 aliphatic carbocycles. The highest BCUT2D eigenvalue weighted by Crippen LogP contribution is 2.40. The smallest absolute Gasteiger partial charge is 0.308 e. The summed E-state index contributed by atoms with van der Waals surface area (Å²) >= 11 is 1.65. The number of benzene rings is 2. The molecule has 184 valence electrons. The third-order valence-corrected chi connectivity index (χ3v) is 7.78. The molecule has 9 heteroatoms. The van der Waals surface area contributed by atoms with Gasteiger partial charge in [-0.3, -0.25) is 14.4 Å². The quantitative estimate of drug-likeness (QED) is 0.356. The molecular formula is C27H27N5O3S. The Morgan fingerprint density at radius 1 is 1.06 bits per heavy atom. The number of ether oxygens (including phenoxy) is 1. The lowest BCUT2D eigenvalue weighted by molar-refractivity contribution is -0.141. The van der Waals surface area contributed by atoms with E-state index in [4.69, 9.17) is 9.73 Å². The lowest BCUT2D eigenvalue weighted by Crippen LogP contribution is -2.21. The van der Waals surface area contributed by atoms with Crippen LogP contribution in [0.2, 0.25) is 0 Å². The van der Waals surface area contributed by atoms with E-state index >= 15 is 0 Å². The van der Waals surface area contributed by atoms with Gasteiger partial charge in [0, 0.05) is 27.4 Å². The zero-order valence-corrected chi connectivity index (χ0v) is 21.6. The molecule has 5 rings (SSSR count). The number of nitrogens with zero attached hydrogens (tertiary/aromatic N) is 4. The number of hydrogen-bond donors (Lipinski definition) is 2. The number of aryl methyl sites for hydroxylation is 2. The number of nitrogens with one attached hydrogen (secondary N) is 1. The summed E-state index contributed by atoms with van der Waals surface area (Å²) in [6, 6.07) is 15.1. The Hall–Kier alpha value is -3.98. The summed E-state index contributed by atoms with van der Waals surface area (Å²) in [6.45, 7) is 7.73. The van der Waals surface area contributed by atoms with Crippen molar-refractivity contribution in [2.24, 2.45) is 10.9 Å². The monoisotopic (exact) mass is 501 g/mol. The van der Waals surface area contributed by atoms with Crippen molar-refractivity contribution < 1.29 is 14.6 Å². The molecule has 0 saturated heterocycles. The summed E-state index contributed by atoms with van der Waals surface area (Å²) < 4.78 is 7.20. The maximum Gasteiger partial charge on any atom is 0.308 e. The van der Waals surface area contributed by atoms with Crippen LogP contribution < -0.4 is 10.1 Å². The standard InChI is InChI=1S/C27H27N5O3S/c1-14-16(3)36-26-22(14)24(29-23(15(2)27(33)34)25-31-30-17(4)32(25)26)18-6-8-19(9-7-18)28-20-10-12-21(35-5)13-11-20/h6-13,15,23,28H,1-5H3,(H,33,34)/t15-,23?/m0/s1. The Morgan fingerprint density at radius 3 is 2.31 bits per heavy atom. The molecule has 1 aliphatic rings. The molecule has 0 bridgehead atoms. The molecule has 2 aromatic carbocycles. The minimum absolute atomic E-state index is 0.553. The van der Waals surface area contributed by atoms with Gasteiger partial charge in [0.25, 0.3) is 0 Å². The Bertz CT molecular complexity index is 1470. The molecule has 1 unspecified atom stereocenters. The highest BCUT2D eigenvalue weighted by atomic mass is 32.1. The largest absolute Gasteiger partial charge is 0.497 e. The van der Waals surface area contributed by atoms with Gasteiger partial charge >= 0.3 is 5.97 Å². The fourth-order valence-electron chi connectivity index (χ4n) is 4.37. The first-order valence-corrected chi connectivity index (χ1v) is 12.4. The first kappa shape index (κ1) is 23.7. The predicted molar refractivity (Wildman–Crippen MR) is 141 cm³/mol. The van der Waals surface area contributed by atoms with E-state index in [-0.39, 0.29) is 0 Å². The molecule has 2 aromatic heterocycles. The molecular weight excluding hydrogens is 474 g/mol. The fourth-order valence-corrected chi connectivity index (χ4v) is 5.58. The van der Waals surface area contributed by atoms with E-state index in [1.165, 1.54) is 4.88 Å². The maximum atomic E-state index is 12.0. The van der Waals surface area contributed by atoms with Crippen LogP contribution in [0.5, 0.6) is 5.75 Å². The molecule has 0 amide bonds. The third kappa shape index (κ3) is 4.05. The number of aromatic nitrogens is 3. The maximum absolute atomic E-state index is 12.0. The normalized spacial score (nSPS) is 15.4. The highest BCUT2D eigenvalue weighted by Gasteiger charge is 2.36. The van der Waals surface area contributed by atoms with Crippen LogP contribution in [0, 0.1) is 26.7 Å². The second-order valence-corrected chi connectivity index (χ2v) is 10.1.